The van der Waals surface area contributed by atoms with Crippen LogP contribution in [0, 0.1) is 5.92 Å². The van der Waals surface area contributed by atoms with E-state index in [0.717, 1.165) is 18.0 Å². The van der Waals surface area contributed by atoms with Crippen LogP contribution in [-0.4, -0.2) is 44.1 Å². The molecule has 6 heteroatoms. The molecule has 130 valence electrons. The number of likely N-dealkylation sites (tertiary alicyclic amines) is 1. The van der Waals surface area contributed by atoms with E-state index in [1.54, 1.807) is 7.11 Å². The number of nitrogens with two attached hydrogens (primary N) is 1. The molecule has 3 N–H and O–H groups in total. The van der Waals surface area contributed by atoms with Crippen molar-refractivity contribution in [2.75, 3.05) is 38.6 Å². The van der Waals surface area contributed by atoms with Crippen LogP contribution in [0.25, 0.3) is 0 Å². The van der Waals surface area contributed by atoms with Gasteiger partial charge in [-0.1, -0.05) is 13.0 Å². The van der Waals surface area contributed by atoms with E-state index in [-0.39, 0.29) is 24.0 Å². The van der Waals surface area contributed by atoms with Crippen LogP contribution in [0.2, 0.25) is 0 Å². The third-order valence-electron chi connectivity index (χ3n) is 4.11. The maximum absolute atomic E-state index is 5.98. The lowest BCUT2D eigenvalue weighted by atomic mass is 9.97. The van der Waals surface area contributed by atoms with E-state index in [4.69, 9.17) is 10.5 Å². The fourth-order valence-corrected chi connectivity index (χ4v) is 2.82. The number of guanidine groups is 1. The van der Waals surface area contributed by atoms with Crippen LogP contribution in [0.4, 0.5) is 5.69 Å². The van der Waals surface area contributed by atoms with Gasteiger partial charge >= 0.3 is 0 Å². The van der Waals surface area contributed by atoms with E-state index in [9.17, 15) is 0 Å². The predicted molar refractivity (Wildman–Crippen MR) is 108 cm³/mol. The van der Waals surface area contributed by atoms with Crippen LogP contribution in [0.3, 0.4) is 0 Å². The highest BCUT2D eigenvalue weighted by Gasteiger charge is 2.18. The molecule has 0 aromatic heterocycles. The van der Waals surface area contributed by atoms with Crippen molar-refractivity contribution in [3.63, 3.8) is 0 Å². The second-order valence-electron chi connectivity index (χ2n) is 5.87. The molecule has 0 bridgehead atoms. The Balaban J connectivity index is 0.00000264. The fraction of sp³-hybridized carbons (Fsp3) is 0.588. The van der Waals surface area contributed by atoms with Crippen molar-refractivity contribution >= 4 is 35.6 Å². The first-order valence-electron chi connectivity index (χ1n) is 8.14. The standard InChI is InChI=1S/C17H28N4O.HI/c1-3-9-21-10-7-14(8-11-21)13-19-17(18)20-15-5-4-6-16(12-15)22-2;/h4-6,12,14H,3,7-11,13H2,1-2H3,(H3,18,19,20);1H. The number of hydrogen-bond acceptors (Lipinski definition) is 3. The van der Waals surface area contributed by atoms with Crippen molar-refractivity contribution in [1.82, 2.24) is 4.90 Å². The van der Waals surface area contributed by atoms with Gasteiger partial charge in [0.15, 0.2) is 5.96 Å². The van der Waals surface area contributed by atoms with Gasteiger partial charge in [-0.25, -0.2) is 0 Å². The molecule has 1 fully saturated rings. The summed E-state index contributed by atoms with van der Waals surface area (Å²) in [4.78, 5) is 7.03. The molecule has 1 aromatic rings. The van der Waals surface area contributed by atoms with Gasteiger partial charge in [0, 0.05) is 18.3 Å². The molecular formula is C17H29IN4O. The van der Waals surface area contributed by atoms with Gasteiger partial charge in [0.25, 0.3) is 0 Å². The Hall–Kier alpha value is -1.02. The zero-order valence-corrected chi connectivity index (χ0v) is 16.5. The molecule has 1 heterocycles. The largest absolute Gasteiger partial charge is 0.497 e. The zero-order chi connectivity index (χ0) is 15.8. The van der Waals surface area contributed by atoms with Gasteiger partial charge in [0.2, 0.25) is 0 Å². The minimum Gasteiger partial charge on any atom is -0.497 e. The highest BCUT2D eigenvalue weighted by molar-refractivity contribution is 14.0. The lowest BCUT2D eigenvalue weighted by molar-refractivity contribution is 0.188. The zero-order valence-electron chi connectivity index (χ0n) is 14.1. The van der Waals surface area contributed by atoms with Gasteiger partial charge in [-0.15, -0.1) is 24.0 Å². The predicted octanol–water partition coefficient (Wildman–Crippen LogP) is 3.16. The number of piperidine rings is 1. The van der Waals surface area contributed by atoms with E-state index >= 15 is 0 Å². The van der Waals surface area contributed by atoms with E-state index < -0.39 is 0 Å². The number of hydrogen-bond donors (Lipinski definition) is 2. The fourth-order valence-electron chi connectivity index (χ4n) is 2.82. The minimum absolute atomic E-state index is 0. The Morgan fingerprint density at radius 1 is 1.39 bits per heavy atom. The van der Waals surface area contributed by atoms with Crippen molar-refractivity contribution < 1.29 is 4.74 Å². The van der Waals surface area contributed by atoms with Crippen molar-refractivity contribution in [2.45, 2.75) is 26.2 Å². The van der Waals surface area contributed by atoms with Gasteiger partial charge in [0.1, 0.15) is 5.75 Å². The quantitative estimate of drug-likeness (QED) is 0.412. The first-order chi connectivity index (χ1) is 10.7. The summed E-state index contributed by atoms with van der Waals surface area (Å²) in [5, 5.41) is 3.12. The van der Waals surface area contributed by atoms with E-state index in [1.807, 2.05) is 24.3 Å². The number of aliphatic imine (C=N–C) groups is 1. The van der Waals surface area contributed by atoms with Gasteiger partial charge in [-0.2, -0.15) is 0 Å². The summed E-state index contributed by atoms with van der Waals surface area (Å²) in [6.45, 7) is 6.65. The summed E-state index contributed by atoms with van der Waals surface area (Å²) in [6, 6.07) is 7.69. The van der Waals surface area contributed by atoms with Crippen LogP contribution >= 0.6 is 24.0 Å². The molecule has 1 saturated heterocycles. The first kappa shape index (κ1) is 20.0. The molecule has 0 atom stereocenters. The van der Waals surface area contributed by atoms with Crippen LogP contribution in [0.15, 0.2) is 29.3 Å². The summed E-state index contributed by atoms with van der Waals surface area (Å²) in [6.07, 6.45) is 3.67. The smallest absolute Gasteiger partial charge is 0.193 e. The molecule has 0 unspecified atom stereocenters. The monoisotopic (exact) mass is 432 g/mol. The maximum Gasteiger partial charge on any atom is 0.193 e. The average molecular weight is 432 g/mol. The van der Waals surface area contributed by atoms with Crippen molar-refractivity contribution in [3.05, 3.63) is 24.3 Å². The van der Waals surface area contributed by atoms with E-state index in [2.05, 4.69) is 22.1 Å². The summed E-state index contributed by atoms with van der Waals surface area (Å²) < 4.78 is 5.20. The van der Waals surface area contributed by atoms with Gasteiger partial charge in [-0.3, -0.25) is 4.99 Å². The molecule has 1 aromatic carbocycles. The molecule has 0 radical (unpaired) electrons. The van der Waals surface area contributed by atoms with E-state index in [1.165, 1.54) is 38.9 Å². The average Bonchev–Trinajstić information content (AvgIpc) is 2.55. The SMILES string of the molecule is CCCN1CCC(CN=C(N)Nc2cccc(OC)c2)CC1.I. The third-order valence-corrected chi connectivity index (χ3v) is 4.11. The van der Waals surface area contributed by atoms with Crippen molar-refractivity contribution in [1.29, 1.82) is 0 Å². The van der Waals surface area contributed by atoms with Gasteiger partial charge in [0.05, 0.1) is 7.11 Å². The number of rotatable bonds is 6. The molecule has 0 amide bonds. The lowest BCUT2D eigenvalue weighted by Gasteiger charge is -2.30. The molecule has 2 rings (SSSR count). The van der Waals surface area contributed by atoms with Gasteiger partial charge in [-0.05, 0) is 56.9 Å². The van der Waals surface area contributed by atoms with Crippen LogP contribution in [0.5, 0.6) is 5.75 Å². The number of anilines is 1. The summed E-state index contributed by atoms with van der Waals surface area (Å²) in [5.74, 6) is 1.93. The second-order valence-corrected chi connectivity index (χ2v) is 5.87. The number of halogens is 1. The Kier molecular flexibility index (Phi) is 9.31. The molecule has 1 aliphatic rings. The molecule has 1 aliphatic heterocycles. The molecule has 0 saturated carbocycles. The Bertz CT molecular complexity index is 487. The lowest BCUT2D eigenvalue weighted by Crippen LogP contribution is -2.35. The minimum atomic E-state index is 0. The van der Waals surface area contributed by atoms with Crippen LogP contribution < -0.4 is 15.8 Å². The number of methoxy groups -OCH3 is 1. The number of nitrogens with one attached hydrogen (secondary N) is 1. The highest BCUT2D eigenvalue weighted by atomic mass is 127. The number of nitrogens with zero attached hydrogens (tertiary/aromatic N) is 2. The number of ether oxygens (including phenoxy) is 1. The van der Waals surface area contributed by atoms with E-state index in [0.29, 0.717) is 11.9 Å². The topological polar surface area (TPSA) is 62.9 Å². The molecule has 0 spiro atoms. The summed E-state index contributed by atoms with van der Waals surface area (Å²) in [7, 11) is 1.65. The second kappa shape index (κ2) is 10.7. The summed E-state index contributed by atoms with van der Waals surface area (Å²) in [5.41, 5.74) is 6.88. The third kappa shape index (κ3) is 6.95. The van der Waals surface area contributed by atoms with Crippen LogP contribution in [-0.2, 0) is 0 Å². The first-order valence-corrected chi connectivity index (χ1v) is 8.14. The maximum atomic E-state index is 5.98. The Morgan fingerprint density at radius 3 is 2.78 bits per heavy atom. The normalized spacial score (nSPS) is 16.7. The van der Waals surface area contributed by atoms with Crippen LogP contribution in [0.1, 0.15) is 26.2 Å². The Morgan fingerprint density at radius 2 is 2.13 bits per heavy atom. The summed E-state index contributed by atoms with van der Waals surface area (Å²) >= 11 is 0. The Labute approximate surface area is 156 Å². The van der Waals surface area contributed by atoms with Gasteiger partial charge < -0.3 is 20.7 Å². The molecule has 23 heavy (non-hydrogen) atoms. The highest BCUT2D eigenvalue weighted by Crippen LogP contribution is 2.18. The molecule has 0 aliphatic carbocycles. The van der Waals surface area contributed by atoms with Crippen molar-refractivity contribution in [3.8, 4) is 5.75 Å². The molecule has 5 nitrogen and oxygen atoms in total. The number of benzene rings is 1. The molecular weight excluding hydrogens is 403 g/mol. The van der Waals surface area contributed by atoms with Crippen molar-refractivity contribution in [2.24, 2.45) is 16.6 Å².